The van der Waals surface area contributed by atoms with Crippen LogP contribution in [0.25, 0.3) is 0 Å². The Morgan fingerprint density at radius 2 is 2.36 bits per heavy atom. The quantitative estimate of drug-likeness (QED) is 0.655. The number of halogens is 3. The molecular weight excluding hydrogens is 192 g/mol. The fraction of sp³-hybridized carbons (Fsp3) is 0.400. The first-order chi connectivity index (χ1) is 5.09. The van der Waals surface area contributed by atoms with Crippen LogP contribution in [0.2, 0.25) is 5.15 Å². The molecule has 1 rings (SSSR count). The topological polar surface area (TPSA) is 17.8 Å². The maximum atomic E-state index is 11.8. The van der Waals surface area contributed by atoms with Crippen LogP contribution >= 0.6 is 20.8 Å². The number of nitrogens with zero attached hydrogens (tertiary/aromatic N) is 2. The third-order valence-electron chi connectivity index (χ3n) is 1.07. The first kappa shape index (κ1) is 8.88. The second-order valence-corrected chi connectivity index (χ2v) is 2.97. The summed E-state index contributed by atoms with van der Waals surface area (Å²) in [4.78, 5) is 0. The molecule has 2 nitrogen and oxygen atoms in total. The third kappa shape index (κ3) is 2.38. The van der Waals surface area contributed by atoms with E-state index in [-0.39, 0.29) is 5.15 Å². The summed E-state index contributed by atoms with van der Waals surface area (Å²) in [6, 6.07) is 0. The zero-order chi connectivity index (χ0) is 8.43. The molecule has 1 unspecified atom stereocenters. The van der Waals surface area contributed by atoms with Gasteiger partial charge in [0.05, 0.1) is 0 Å². The van der Waals surface area contributed by atoms with Crippen molar-refractivity contribution in [2.24, 2.45) is 0 Å². The molecule has 0 saturated carbocycles. The summed E-state index contributed by atoms with van der Waals surface area (Å²) in [5, 5.41) is 4.51. The number of hydrogen-bond donors (Lipinski definition) is 0. The van der Waals surface area contributed by atoms with Crippen LogP contribution in [0, 0.1) is 0 Å². The third-order valence-corrected chi connectivity index (χ3v) is 1.97. The molecule has 1 heterocycles. The molecule has 1 aromatic heterocycles. The molecule has 0 aliphatic rings. The summed E-state index contributed by atoms with van der Waals surface area (Å²) in [6.07, 6.45) is -0.936. The van der Waals surface area contributed by atoms with E-state index in [1.807, 2.05) is 0 Å². The van der Waals surface area contributed by atoms with Gasteiger partial charge in [-0.1, -0.05) is 11.6 Å². The highest BCUT2D eigenvalue weighted by Gasteiger charge is 2.06. The number of aromatic nitrogens is 2. The van der Waals surface area contributed by atoms with Gasteiger partial charge in [0.25, 0.3) is 6.43 Å². The lowest BCUT2D eigenvalue weighted by molar-refractivity contribution is 0.122. The summed E-state index contributed by atoms with van der Waals surface area (Å²) < 4.78 is 24.6. The number of hydrogen-bond acceptors (Lipinski definition) is 1. The normalized spacial score (nSPS) is 11.0. The molecule has 1 atom stereocenters. The molecule has 1 aromatic rings. The lowest BCUT2D eigenvalue weighted by Crippen LogP contribution is -2.06. The summed E-state index contributed by atoms with van der Waals surface area (Å²) in [7, 11) is 2.31. The van der Waals surface area contributed by atoms with Crippen molar-refractivity contribution in [2.45, 2.75) is 13.0 Å². The molecule has 0 amide bonds. The van der Waals surface area contributed by atoms with E-state index in [1.54, 1.807) is 0 Å². The number of rotatable bonds is 2. The minimum absolute atomic E-state index is 0.246. The van der Waals surface area contributed by atoms with Crippen molar-refractivity contribution >= 4 is 26.1 Å². The Bertz CT molecular complexity index is 231. The van der Waals surface area contributed by atoms with Crippen molar-refractivity contribution in [1.29, 1.82) is 0 Å². The van der Waals surface area contributed by atoms with E-state index in [4.69, 9.17) is 11.6 Å². The molecule has 62 valence electrons. The van der Waals surface area contributed by atoms with E-state index in [2.05, 4.69) is 14.3 Å². The van der Waals surface area contributed by atoms with Crippen molar-refractivity contribution < 1.29 is 8.78 Å². The Balaban J connectivity index is 2.73. The Kier molecular flexibility index (Phi) is 2.79. The largest absolute Gasteiger partial charge is 0.265 e. The van der Waals surface area contributed by atoms with Gasteiger partial charge < -0.3 is 0 Å². The van der Waals surface area contributed by atoms with Crippen molar-refractivity contribution in [3.63, 3.8) is 0 Å². The predicted octanol–water partition coefficient (Wildman–Crippen LogP) is 1.30. The average Bonchev–Trinajstić information content (AvgIpc) is 2.10. The monoisotopic (exact) mass is 198 g/mol. The van der Waals surface area contributed by atoms with Gasteiger partial charge in [0.1, 0.15) is 6.54 Å². The highest BCUT2D eigenvalue weighted by Crippen LogP contribution is 2.06. The Morgan fingerprint density at radius 1 is 1.73 bits per heavy atom. The first-order valence-electron chi connectivity index (χ1n) is 2.86. The minimum atomic E-state index is -2.39. The molecule has 0 fully saturated rings. The minimum Gasteiger partial charge on any atom is -0.265 e. The highest BCUT2D eigenvalue weighted by atomic mass is 35.5. The molecule has 0 radical (unpaired) electrons. The fourth-order valence-electron chi connectivity index (χ4n) is 0.648. The van der Waals surface area contributed by atoms with E-state index in [1.165, 1.54) is 6.20 Å². The van der Waals surface area contributed by atoms with Crippen LogP contribution in [-0.4, -0.2) is 16.2 Å². The van der Waals surface area contributed by atoms with Gasteiger partial charge in [-0.25, -0.2) is 8.78 Å². The van der Waals surface area contributed by atoms with Crippen LogP contribution in [0.3, 0.4) is 0 Å². The second-order valence-electron chi connectivity index (χ2n) is 1.99. The van der Waals surface area contributed by atoms with Crippen LogP contribution in [0.15, 0.2) is 6.20 Å². The molecule has 0 saturated heterocycles. The van der Waals surface area contributed by atoms with Crippen molar-refractivity contribution in [2.75, 3.05) is 0 Å². The second kappa shape index (κ2) is 3.46. The summed E-state index contributed by atoms with van der Waals surface area (Å²) >= 11 is 5.52. The highest BCUT2D eigenvalue weighted by molar-refractivity contribution is 7.27. The van der Waals surface area contributed by atoms with Crippen LogP contribution in [-0.2, 0) is 6.54 Å². The molecule has 0 aromatic carbocycles. The van der Waals surface area contributed by atoms with Gasteiger partial charge in [-0.3, -0.25) is 4.68 Å². The van der Waals surface area contributed by atoms with E-state index in [0.717, 1.165) is 4.68 Å². The van der Waals surface area contributed by atoms with Crippen LogP contribution in [0.4, 0.5) is 8.78 Å². The zero-order valence-electron chi connectivity index (χ0n) is 5.47. The van der Waals surface area contributed by atoms with Crippen LogP contribution in [0.1, 0.15) is 0 Å². The zero-order valence-corrected chi connectivity index (χ0v) is 7.38. The number of alkyl halides is 2. The lowest BCUT2D eigenvalue weighted by Gasteiger charge is -1.96. The molecule has 0 bridgehead atoms. The van der Waals surface area contributed by atoms with Crippen molar-refractivity contribution in [3.05, 3.63) is 11.3 Å². The van der Waals surface area contributed by atoms with E-state index in [9.17, 15) is 8.78 Å². The van der Waals surface area contributed by atoms with Gasteiger partial charge in [0.2, 0.25) is 0 Å². The molecule has 11 heavy (non-hydrogen) atoms. The fourth-order valence-corrected chi connectivity index (χ4v) is 1.02. The van der Waals surface area contributed by atoms with Crippen LogP contribution < -0.4 is 5.30 Å². The van der Waals surface area contributed by atoms with E-state index < -0.39 is 13.0 Å². The lowest BCUT2D eigenvalue weighted by atomic mass is 10.6. The van der Waals surface area contributed by atoms with Gasteiger partial charge in [-0.2, -0.15) is 5.10 Å². The van der Waals surface area contributed by atoms with E-state index >= 15 is 0 Å². The predicted molar refractivity (Wildman–Crippen MR) is 42.6 cm³/mol. The Labute approximate surface area is 69.7 Å². The standard InChI is InChI=1S/C5H6ClF2N2P/c6-5-3(11)1-10(9-5)2-4(7)8/h1,4H,2,11H2. The molecular formula is C5H6ClF2N2P. The van der Waals surface area contributed by atoms with Gasteiger partial charge in [0, 0.05) is 11.5 Å². The average molecular weight is 199 g/mol. The summed E-state index contributed by atoms with van der Waals surface area (Å²) in [5.74, 6) is 0. The summed E-state index contributed by atoms with van der Waals surface area (Å²) in [5.41, 5.74) is 0. The Morgan fingerprint density at radius 3 is 2.73 bits per heavy atom. The van der Waals surface area contributed by atoms with Gasteiger partial charge in [0.15, 0.2) is 5.15 Å². The van der Waals surface area contributed by atoms with Gasteiger partial charge >= 0.3 is 0 Å². The SMILES string of the molecule is FC(F)Cn1cc(P)c(Cl)n1. The molecule has 0 N–H and O–H groups in total. The van der Waals surface area contributed by atoms with E-state index in [0.29, 0.717) is 5.30 Å². The Hall–Kier alpha value is -0.210. The van der Waals surface area contributed by atoms with Crippen molar-refractivity contribution in [3.8, 4) is 0 Å². The molecule has 0 aliphatic heterocycles. The van der Waals surface area contributed by atoms with Crippen molar-refractivity contribution in [1.82, 2.24) is 9.78 Å². The summed E-state index contributed by atoms with van der Waals surface area (Å²) in [6.45, 7) is -0.409. The van der Waals surface area contributed by atoms with Crippen LogP contribution in [0.5, 0.6) is 0 Å². The molecule has 0 aliphatic carbocycles. The smallest absolute Gasteiger partial charge is 0.257 e. The molecule has 0 spiro atoms. The van der Waals surface area contributed by atoms with Gasteiger partial charge in [-0.15, -0.1) is 9.24 Å². The maximum Gasteiger partial charge on any atom is 0.257 e. The maximum absolute atomic E-state index is 11.8. The molecule has 6 heteroatoms. The van der Waals surface area contributed by atoms with Gasteiger partial charge in [-0.05, 0) is 0 Å². The first-order valence-corrected chi connectivity index (χ1v) is 3.81.